The molecule has 1 heterocycles. The van der Waals surface area contributed by atoms with Gasteiger partial charge >= 0.3 is 16.5 Å². The van der Waals surface area contributed by atoms with Crippen molar-refractivity contribution in [3.8, 4) is 0 Å². The molecule has 1 aliphatic heterocycles. The van der Waals surface area contributed by atoms with Crippen LogP contribution < -0.4 is 0 Å². The Kier molecular flexibility index (Phi) is 10.8. The second-order valence-corrected chi connectivity index (χ2v) is 9.00. The van der Waals surface area contributed by atoms with E-state index >= 15 is 0 Å². The summed E-state index contributed by atoms with van der Waals surface area (Å²) >= 11 is 0. The molecular weight excluding hydrogens is 358 g/mol. The quantitative estimate of drug-likeness (QED) is 0.463. The lowest BCUT2D eigenvalue weighted by Gasteiger charge is -2.45. The van der Waals surface area contributed by atoms with Crippen LogP contribution in [-0.2, 0) is 22.5 Å². The molecule has 7 heteroatoms. The lowest BCUT2D eigenvalue weighted by Crippen LogP contribution is -2.48. The van der Waals surface area contributed by atoms with Gasteiger partial charge in [0.25, 0.3) is 0 Å². The van der Waals surface area contributed by atoms with Gasteiger partial charge in [-0.1, -0.05) is 59.8 Å². The van der Waals surface area contributed by atoms with Gasteiger partial charge < -0.3 is 0 Å². The Balaban J connectivity index is 3.06. The van der Waals surface area contributed by atoms with Crippen LogP contribution in [0.1, 0.15) is 98.3 Å². The summed E-state index contributed by atoms with van der Waals surface area (Å²) in [6.45, 7) is 8.92. The smallest absolute Gasteiger partial charge is 0.116 e. The summed E-state index contributed by atoms with van der Waals surface area (Å²) in [5.41, 5.74) is -0.572. The van der Waals surface area contributed by atoms with Gasteiger partial charge in [0.1, 0.15) is 12.2 Å². The van der Waals surface area contributed by atoms with Gasteiger partial charge in [0.2, 0.25) is 0 Å². The fraction of sp³-hybridized carbons (Fsp3) is 1.00. The molecule has 0 aromatic heterocycles. The molecule has 0 amide bonds. The molecule has 0 radical (unpaired) electrons. The normalized spacial score (nSPS) is 26.6. The number of hydrogen-bond acceptors (Lipinski definition) is 5. The van der Waals surface area contributed by atoms with E-state index in [4.69, 9.17) is 13.4 Å². The summed E-state index contributed by atoms with van der Waals surface area (Å²) in [6, 6.07) is 0. The van der Waals surface area contributed by atoms with E-state index in [0.29, 0.717) is 6.61 Å². The Bertz CT molecular complexity index is 420. The summed E-state index contributed by atoms with van der Waals surface area (Å²) in [5.74, 6) is 0. The Morgan fingerprint density at radius 1 is 0.760 bits per heavy atom. The maximum Gasteiger partial charge on any atom is 0.748 e. The highest BCUT2D eigenvalue weighted by Crippen LogP contribution is 2.54. The van der Waals surface area contributed by atoms with Crippen molar-refractivity contribution in [1.29, 1.82) is 0 Å². The summed E-state index contributed by atoms with van der Waals surface area (Å²) < 4.78 is 40.5. The average Bonchev–Trinajstić information content (AvgIpc) is 2.61. The van der Waals surface area contributed by atoms with Gasteiger partial charge in [-0.15, -0.1) is 9.05 Å². The van der Waals surface area contributed by atoms with Crippen LogP contribution >= 0.6 is 16.5 Å². The molecule has 2 unspecified atom stereocenters. The zero-order valence-electron chi connectivity index (χ0n) is 16.4. The van der Waals surface area contributed by atoms with Crippen LogP contribution in [-0.4, -0.2) is 12.2 Å². The van der Waals surface area contributed by atoms with Crippen molar-refractivity contribution in [2.24, 2.45) is 5.41 Å². The van der Waals surface area contributed by atoms with E-state index in [0.717, 1.165) is 51.4 Å². The second kappa shape index (κ2) is 11.7. The zero-order valence-corrected chi connectivity index (χ0v) is 18.2. The average molecular weight is 394 g/mol. The highest BCUT2D eigenvalue weighted by molar-refractivity contribution is 7.47. The Hall–Kier alpha value is 0.0800. The predicted molar refractivity (Wildman–Crippen MR) is 102 cm³/mol. The van der Waals surface area contributed by atoms with Crippen molar-refractivity contribution in [3.63, 3.8) is 0 Å². The van der Waals surface area contributed by atoms with E-state index < -0.39 is 22.1 Å². The largest absolute Gasteiger partial charge is 0.748 e. The van der Waals surface area contributed by atoms with Gasteiger partial charge in [-0.2, -0.15) is 0 Å². The van der Waals surface area contributed by atoms with Crippen molar-refractivity contribution < 1.29 is 22.5 Å². The number of rotatable bonds is 4. The van der Waals surface area contributed by atoms with Crippen LogP contribution in [0.4, 0.5) is 0 Å². The molecule has 25 heavy (non-hydrogen) atoms. The fourth-order valence-electron chi connectivity index (χ4n) is 4.35. The molecule has 146 valence electrons. The molecule has 1 fully saturated rings. The standard InChI is InChI=1S/C18H36O5P2/c1-5-17(6-2)15-13-11-9-10-12-14-16-21-24(19)23-25(20)22-18(17,7-3)8-4/h5-16H2,1-4H3/q+2. The molecule has 0 spiro atoms. The van der Waals surface area contributed by atoms with Crippen LogP contribution in [0.3, 0.4) is 0 Å². The molecule has 0 N–H and O–H groups in total. The lowest BCUT2D eigenvalue weighted by molar-refractivity contribution is -0.0810. The van der Waals surface area contributed by atoms with Crippen molar-refractivity contribution in [2.45, 2.75) is 104 Å². The zero-order chi connectivity index (χ0) is 18.8. The second-order valence-electron chi connectivity index (χ2n) is 7.01. The summed E-state index contributed by atoms with van der Waals surface area (Å²) in [4.78, 5) is 0. The van der Waals surface area contributed by atoms with Crippen molar-refractivity contribution in [2.75, 3.05) is 6.61 Å². The topological polar surface area (TPSA) is 61.8 Å². The first-order chi connectivity index (χ1) is 12.0. The first kappa shape index (κ1) is 23.1. The van der Waals surface area contributed by atoms with Crippen LogP contribution in [0, 0.1) is 5.41 Å². The van der Waals surface area contributed by atoms with Gasteiger partial charge in [0, 0.05) is 14.5 Å². The van der Waals surface area contributed by atoms with Crippen LogP contribution in [0.5, 0.6) is 0 Å². The van der Waals surface area contributed by atoms with E-state index in [9.17, 15) is 9.13 Å². The van der Waals surface area contributed by atoms with Crippen molar-refractivity contribution in [3.05, 3.63) is 0 Å². The Morgan fingerprint density at radius 2 is 1.32 bits per heavy atom. The predicted octanol–water partition coefficient (Wildman–Crippen LogP) is 7.46. The molecule has 0 saturated carbocycles. The van der Waals surface area contributed by atoms with Gasteiger partial charge in [-0.25, -0.2) is 0 Å². The molecule has 0 aromatic carbocycles. The van der Waals surface area contributed by atoms with E-state index in [1.54, 1.807) is 0 Å². The van der Waals surface area contributed by atoms with E-state index in [1.165, 1.54) is 19.3 Å². The van der Waals surface area contributed by atoms with Crippen LogP contribution in [0.15, 0.2) is 0 Å². The molecule has 1 aliphatic rings. The minimum atomic E-state index is -2.47. The van der Waals surface area contributed by atoms with Gasteiger partial charge in [0.05, 0.1) is 0 Å². The third kappa shape index (κ3) is 6.33. The van der Waals surface area contributed by atoms with E-state index in [2.05, 4.69) is 27.7 Å². The SMILES string of the molecule is CCC1(CC)CCCCCCCCO[P+](=O)O[P+](=O)OC1(CC)CC. The van der Waals surface area contributed by atoms with Crippen molar-refractivity contribution >= 4 is 16.5 Å². The lowest BCUT2D eigenvalue weighted by atomic mass is 9.63. The molecule has 0 bridgehead atoms. The van der Waals surface area contributed by atoms with Crippen molar-refractivity contribution in [1.82, 2.24) is 0 Å². The van der Waals surface area contributed by atoms with Gasteiger partial charge in [0.15, 0.2) is 4.31 Å². The number of hydrogen-bond donors (Lipinski definition) is 0. The van der Waals surface area contributed by atoms with Gasteiger partial charge in [-0.3, -0.25) is 0 Å². The molecular formula is C18H36O5P2+2. The molecule has 0 aromatic rings. The first-order valence-corrected chi connectivity index (χ1v) is 12.1. The van der Waals surface area contributed by atoms with E-state index in [-0.39, 0.29) is 5.41 Å². The summed E-state index contributed by atoms with van der Waals surface area (Å²) in [6.07, 6.45) is 11.2. The monoisotopic (exact) mass is 394 g/mol. The molecule has 2 atom stereocenters. The Morgan fingerprint density at radius 3 is 1.88 bits per heavy atom. The third-order valence-electron chi connectivity index (χ3n) is 6.09. The summed E-state index contributed by atoms with van der Waals surface area (Å²) in [5, 5.41) is 0. The Labute approximate surface area is 155 Å². The van der Waals surface area contributed by atoms with Gasteiger partial charge in [-0.05, 0) is 38.5 Å². The van der Waals surface area contributed by atoms with E-state index in [1.807, 2.05) is 0 Å². The fourth-order valence-corrected chi connectivity index (χ4v) is 6.12. The maximum atomic E-state index is 12.4. The highest BCUT2D eigenvalue weighted by atomic mass is 31.2. The summed E-state index contributed by atoms with van der Waals surface area (Å²) in [7, 11) is -4.87. The highest BCUT2D eigenvalue weighted by Gasteiger charge is 2.56. The van der Waals surface area contributed by atoms with Crippen LogP contribution in [0.2, 0.25) is 0 Å². The minimum Gasteiger partial charge on any atom is -0.116 e. The van der Waals surface area contributed by atoms with Crippen LogP contribution in [0.25, 0.3) is 0 Å². The minimum absolute atomic E-state index is 0.0441. The third-order valence-corrected chi connectivity index (χ3v) is 8.05. The molecule has 1 saturated heterocycles. The molecule has 0 aliphatic carbocycles. The first-order valence-electron chi connectivity index (χ1n) is 9.93. The maximum absolute atomic E-state index is 12.4. The molecule has 5 nitrogen and oxygen atoms in total. The molecule has 1 rings (SSSR count).